The number of unbranched alkanes of at least 4 members (excludes halogenated alkanes) is 3. The third-order valence-corrected chi connectivity index (χ3v) is 3.93. The maximum absolute atomic E-state index is 11.7. The Bertz CT molecular complexity index is 395. The normalized spacial score (nSPS) is 10.4. The van der Waals surface area contributed by atoms with Gasteiger partial charge in [-0.15, -0.1) is 0 Å². The highest BCUT2D eigenvalue weighted by molar-refractivity contribution is 9.10. The van der Waals surface area contributed by atoms with Crippen LogP contribution in [0.5, 0.6) is 0 Å². The van der Waals surface area contributed by atoms with Gasteiger partial charge in [0.05, 0.1) is 11.4 Å². The van der Waals surface area contributed by atoms with Crippen molar-refractivity contribution in [3.8, 4) is 0 Å². The van der Waals surface area contributed by atoms with Crippen molar-refractivity contribution in [3.63, 3.8) is 0 Å². The second-order valence-corrected chi connectivity index (χ2v) is 5.60. The summed E-state index contributed by atoms with van der Waals surface area (Å²) in [5.41, 5.74) is 0.939. The zero-order chi connectivity index (χ0) is 13.4. The molecule has 0 aromatic heterocycles. The van der Waals surface area contributed by atoms with E-state index in [4.69, 9.17) is 11.6 Å². The van der Waals surface area contributed by atoms with E-state index in [0.29, 0.717) is 11.4 Å². The van der Waals surface area contributed by atoms with E-state index < -0.39 is 0 Å². The van der Waals surface area contributed by atoms with E-state index in [2.05, 4.69) is 28.2 Å². The minimum atomic E-state index is 0.0601. The molecule has 1 aromatic rings. The Hall–Kier alpha value is -0.540. The third-order valence-electron chi connectivity index (χ3n) is 2.70. The summed E-state index contributed by atoms with van der Waals surface area (Å²) in [6.45, 7) is 2.94. The Morgan fingerprint density at radius 1 is 1.33 bits per heavy atom. The zero-order valence-corrected chi connectivity index (χ0v) is 13.0. The molecule has 0 aliphatic carbocycles. The van der Waals surface area contributed by atoms with Crippen LogP contribution < -0.4 is 5.32 Å². The number of hydrogen-bond donors (Lipinski definition) is 1. The average molecular weight is 333 g/mol. The van der Waals surface area contributed by atoms with Gasteiger partial charge < -0.3 is 5.32 Å². The number of halogens is 2. The van der Waals surface area contributed by atoms with Crippen LogP contribution in [0.25, 0.3) is 0 Å². The van der Waals surface area contributed by atoms with Crippen LogP contribution in [-0.2, 0) is 11.2 Å². The van der Waals surface area contributed by atoms with Crippen molar-refractivity contribution >= 4 is 33.4 Å². The van der Waals surface area contributed by atoms with Gasteiger partial charge in [-0.3, -0.25) is 4.79 Å². The third kappa shape index (κ3) is 5.87. The molecule has 4 heteroatoms. The van der Waals surface area contributed by atoms with Crippen molar-refractivity contribution in [1.82, 2.24) is 5.32 Å². The molecule has 0 bridgehead atoms. The molecular weight excluding hydrogens is 314 g/mol. The number of carbonyl (C=O) groups excluding carboxylic acids is 1. The summed E-state index contributed by atoms with van der Waals surface area (Å²) in [5.74, 6) is 0.0601. The molecule has 0 spiro atoms. The molecule has 0 aliphatic rings. The van der Waals surface area contributed by atoms with Crippen molar-refractivity contribution in [1.29, 1.82) is 0 Å². The van der Waals surface area contributed by atoms with Gasteiger partial charge in [0.15, 0.2) is 0 Å². The largest absolute Gasteiger partial charge is 0.356 e. The minimum Gasteiger partial charge on any atom is -0.356 e. The molecule has 1 rings (SSSR count). The van der Waals surface area contributed by atoms with Crippen LogP contribution in [0.2, 0.25) is 5.02 Å². The van der Waals surface area contributed by atoms with Crippen molar-refractivity contribution < 1.29 is 4.79 Å². The van der Waals surface area contributed by atoms with E-state index in [0.717, 1.165) is 23.0 Å². The average Bonchev–Trinajstić information content (AvgIpc) is 2.34. The maximum atomic E-state index is 11.7. The summed E-state index contributed by atoms with van der Waals surface area (Å²) >= 11 is 9.31. The Labute approximate surface area is 122 Å². The highest BCUT2D eigenvalue weighted by Gasteiger charge is 2.04. The van der Waals surface area contributed by atoms with E-state index in [-0.39, 0.29) is 5.91 Å². The Morgan fingerprint density at radius 3 is 2.78 bits per heavy atom. The first-order valence-corrected chi connectivity index (χ1v) is 7.51. The highest BCUT2D eigenvalue weighted by atomic mass is 79.9. The van der Waals surface area contributed by atoms with Crippen LogP contribution in [-0.4, -0.2) is 12.5 Å². The summed E-state index contributed by atoms with van der Waals surface area (Å²) < 4.78 is 0.855. The zero-order valence-electron chi connectivity index (χ0n) is 10.6. The molecule has 1 N–H and O–H groups in total. The van der Waals surface area contributed by atoms with Crippen molar-refractivity contribution in [2.75, 3.05) is 6.54 Å². The topological polar surface area (TPSA) is 29.1 Å². The van der Waals surface area contributed by atoms with Crippen molar-refractivity contribution in [2.45, 2.75) is 39.0 Å². The molecule has 0 heterocycles. The first kappa shape index (κ1) is 15.5. The van der Waals surface area contributed by atoms with Crippen LogP contribution in [0.4, 0.5) is 0 Å². The van der Waals surface area contributed by atoms with Crippen LogP contribution >= 0.6 is 27.5 Å². The number of rotatable bonds is 7. The summed E-state index contributed by atoms with van der Waals surface area (Å²) in [4.78, 5) is 11.7. The number of hydrogen-bond acceptors (Lipinski definition) is 1. The number of carbonyl (C=O) groups is 1. The second-order valence-electron chi connectivity index (χ2n) is 4.34. The minimum absolute atomic E-state index is 0.0601. The van der Waals surface area contributed by atoms with Crippen molar-refractivity contribution in [3.05, 3.63) is 33.3 Å². The summed E-state index contributed by atoms with van der Waals surface area (Å²) in [6, 6.07) is 5.60. The monoisotopic (exact) mass is 331 g/mol. The van der Waals surface area contributed by atoms with Gasteiger partial charge in [0.2, 0.25) is 5.91 Å². The van der Waals surface area contributed by atoms with Gasteiger partial charge in [-0.05, 0) is 40.0 Å². The van der Waals surface area contributed by atoms with Gasteiger partial charge >= 0.3 is 0 Å². The lowest BCUT2D eigenvalue weighted by Gasteiger charge is -2.06. The first-order chi connectivity index (χ1) is 8.63. The molecule has 0 fully saturated rings. The van der Waals surface area contributed by atoms with Gasteiger partial charge in [-0.25, -0.2) is 0 Å². The van der Waals surface area contributed by atoms with E-state index >= 15 is 0 Å². The van der Waals surface area contributed by atoms with Crippen LogP contribution in [0.3, 0.4) is 0 Å². The smallest absolute Gasteiger partial charge is 0.224 e. The van der Waals surface area contributed by atoms with Gasteiger partial charge in [-0.1, -0.05) is 43.9 Å². The number of benzene rings is 1. The van der Waals surface area contributed by atoms with Crippen molar-refractivity contribution in [2.24, 2.45) is 0 Å². The van der Waals surface area contributed by atoms with Crippen LogP contribution in [0, 0.1) is 0 Å². The SMILES string of the molecule is CCCCCCNC(=O)Cc1ccc(Br)c(Cl)c1. The standard InChI is InChI=1S/C14H19BrClNO/c1-2-3-4-5-8-17-14(18)10-11-6-7-12(15)13(16)9-11/h6-7,9H,2-5,8,10H2,1H3,(H,17,18). The van der Waals surface area contributed by atoms with Crippen LogP contribution in [0.15, 0.2) is 22.7 Å². The molecular formula is C14H19BrClNO. The lowest BCUT2D eigenvalue weighted by atomic mass is 10.1. The van der Waals surface area contributed by atoms with E-state index in [1.54, 1.807) is 0 Å². The number of amides is 1. The molecule has 0 aliphatic heterocycles. The quantitative estimate of drug-likeness (QED) is 0.739. The van der Waals surface area contributed by atoms with Gasteiger partial charge in [0, 0.05) is 11.0 Å². The van der Waals surface area contributed by atoms with E-state index in [1.807, 2.05) is 18.2 Å². The Morgan fingerprint density at radius 2 is 2.11 bits per heavy atom. The molecule has 100 valence electrons. The van der Waals surface area contributed by atoms with E-state index in [1.165, 1.54) is 19.3 Å². The molecule has 0 unspecified atom stereocenters. The summed E-state index contributed by atoms with van der Waals surface area (Å²) in [7, 11) is 0. The fourth-order valence-electron chi connectivity index (χ4n) is 1.68. The molecule has 1 amide bonds. The first-order valence-electron chi connectivity index (χ1n) is 6.34. The van der Waals surface area contributed by atoms with Gasteiger partial charge in [0.1, 0.15) is 0 Å². The molecule has 18 heavy (non-hydrogen) atoms. The highest BCUT2D eigenvalue weighted by Crippen LogP contribution is 2.23. The lowest BCUT2D eigenvalue weighted by Crippen LogP contribution is -2.26. The van der Waals surface area contributed by atoms with Gasteiger partial charge in [0.25, 0.3) is 0 Å². The summed E-state index contributed by atoms with van der Waals surface area (Å²) in [6.07, 6.45) is 5.08. The molecule has 0 radical (unpaired) electrons. The number of nitrogens with one attached hydrogen (secondary N) is 1. The second kappa shape index (κ2) is 8.54. The summed E-state index contributed by atoms with van der Waals surface area (Å²) in [5, 5.41) is 3.57. The molecule has 2 nitrogen and oxygen atoms in total. The predicted molar refractivity (Wildman–Crippen MR) is 80.0 cm³/mol. The Kier molecular flexibility index (Phi) is 7.36. The molecule has 0 atom stereocenters. The van der Waals surface area contributed by atoms with Crippen LogP contribution in [0.1, 0.15) is 38.2 Å². The maximum Gasteiger partial charge on any atom is 0.224 e. The molecule has 1 aromatic carbocycles. The molecule has 0 saturated carbocycles. The van der Waals surface area contributed by atoms with E-state index in [9.17, 15) is 4.79 Å². The lowest BCUT2D eigenvalue weighted by molar-refractivity contribution is -0.120. The fraction of sp³-hybridized carbons (Fsp3) is 0.500. The fourth-order valence-corrected chi connectivity index (χ4v) is 2.13. The molecule has 0 saturated heterocycles. The Balaban J connectivity index is 2.29. The van der Waals surface area contributed by atoms with Gasteiger partial charge in [-0.2, -0.15) is 0 Å². The predicted octanol–water partition coefficient (Wildman–Crippen LogP) is 4.34.